The van der Waals surface area contributed by atoms with Gasteiger partial charge in [-0.1, -0.05) is 35.9 Å². The van der Waals surface area contributed by atoms with Gasteiger partial charge in [0, 0.05) is 44.1 Å². The maximum absolute atomic E-state index is 13.0. The summed E-state index contributed by atoms with van der Waals surface area (Å²) in [7, 11) is 3.61. The Morgan fingerprint density at radius 2 is 1.89 bits per heavy atom. The van der Waals surface area contributed by atoms with Crippen LogP contribution in [0.2, 0.25) is 5.02 Å². The van der Waals surface area contributed by atoms with Gasteiger partial charge in [0.2, 0.25) is 0 Å². The Kier molecular flexibility index (Phi) is 9.32. The van der Waals surface area contributed by atoms with Crippen LogP contribution in [0.3, 0.4) is 0 Å². The molecule has 1 aromatic heterocycles. The zero-order valence-corrected chi connectivity index (χ0v) is 21.8. The molecule has 3 rings (SSSR count). The van der Waals surface area contributed by atoms with Crippen LogP contribution in [0, 0.1) is 0 Å². The lowest BCUT2D eigenvalue weighted by molar-refractivity contribution is 0.0924. The minimum atomic E-state index is -0.183. The van der Waals surface area contributed by atoms with E-state index in [9.17, 15) is 4.79 Å². The number of hydrogen-bond acceptors (Lipinski definition) is 5. The number of aryl methyl sites for hydroxylation is 1. The van der Waals surface area contributed by atoms with Crippen molar-refractivity contribution in [3.05, 3.63) is 70.6 Å². The minimum Gasteiger partial charge on any atom is -0.489 e. The maximum Gasteiger partial charge on any atom is 0.251 e. The number of nitrogens with two attached hydrogens (primary N) is 1. The van der Waals surface area contributed by atoms with Crippen LogP contribution in [0.15, 0.2) is 48.7 Å². The highest BCUT2D eigenvalue weighted by Gasteiger charge is 2.17. The highest BCUT2D eigenvalue weighted by Crippen LogP contribution is 2.27. The third-order valence-electron chi connectivity index (χ3n) is 5.61. The molecule has 8 heteroatoms. The van der Waals surface area contributed by atoms with Crippen molar-refractivity contribution in [1.29, 1.82) is 0 Å². The van der Waals surface area contributed by atoms with E-state index in [4.69, 9.17) is 26.8 Å². The number of methoxy groups -OCH3 is 1. The number of rotatable bonds is 11. The fourth-order valence-corrected chi connectivity index (χ4v) is 4.11. The number of benzene rings is 2. The summed E-state index contributed by atoms with van der Waals surface area (Å²) in [4.78, 5) is 17.6. The fourth-order valence-electron chi connectivity index (χ4n) is 3.88. The lowest BCUT2D eigenvalue weighted by atomic mass is 10.0. The number of aromatic nitrogens is 2. The number of nitrogens with one attached hydrogen (secondary N) is 1. The highest BCUT2D eigenvalue weighted by molar-refractivity contribution is 6.32. The number of halogens is 1. The summed E-state index contributed by atoms with van der Waals surface area (Å²) in [5.74, 6) is 1.23. The first kappa shape index (κ1) is 26.7. The Balaban J connectivity index is 1.70. The van der Waals surface area contributed by atoms with Crippen LogP contribution in [0.4, 0.5) is 0 Å². The zero-order chi connectivity index (χ0) is 25.5. The Morgan fingerprint density at radius 1 is 1.17 bits per heavy atom. The van der Waals surface area contributed by atoms with Crippen molar-refractivity contribution in [2.75, 3.05) is 13.7 Å². The average Bonchev–Trinajstić information content (AvgIpc) is 3.21. The summed E-state index contributed by atoms with van der Waals surface area (Å²) in [6, 6.07) is 13.1. The number of amides is 1. The van der Waals surface area contributed by atoms with Crippen molar-refractivity contribution in [3.8, 4) is 17.0 Å². The van der Waals surface area contributed by atoms with Crippen molar-refractivity contribution in [2.45, 2.75) is 51.8 Å². The molecule has 2 atom stereocenters. The summed E-state index contributed by atoms with van der Waals surface area (Å²) in [5.41, 5.74) is 9.50. The first-order valence-electron chi connectivity index (χ1n) is 11.8. The molecule has 0 saturated carbocycles. The van der Waals surface area contributed by atoms with E-state index in [1.165, 1.54) is 0 Å². The normalized spacial score (nSPS) is 13.0. The van der Waals surface area contributed by atoms with E-state index in [1.807, 2.05) is 50.7 Å². The van der Waals surface area contributed by atoms with Gasteiger partial charge < -0.3 is 25.1 Å². The predicted molar refractivity (Wildman–Crippen MR) is 140 cm³/mol. The number of hydrogen-bond donors (Lipinski definition) is 2. The van der Waals surface area contributed by atoms with Gasteiger partial charge in [-0.15, -0.1) is 0 Å². The molecule has 0 bridgehead atoms. The first-order chi connectivity index (χ1) is 16.7. The Hall–Kier alpha value is -2.87. The Labute approximate surface area is 212 Å². The molecule has 7 nitrogen and oxygen atoms in total. The lowest BCUT2D eigenvalue weighted by Crippen LogP contribution is -2.37. The monoisotopic (exact) mass is 498 g/mol. The summed E-state index contributed by atoms with van der Waals surface area (Å²) in [6.45, 7) is 6.32. The molecule has 3 N–H and O–H groups in total. The Morgan fingerprint density at radius 3 is 2.46 bits per heavy atom. The van der Waals surface area contributed by atoms with E-state index in [1.54, 1.807) is 25.3 Å². The minimum absolute atomic E-state index is 0.000865. The summed E-state index contributed by atoms with van der Waals surface area (Å²) in [6.07, 6.45) is 3.34. The number of nitrogens with zero attached hydrogens (tertiary/aromatic N) is 2. The van der Waals surface area contributed by atoms with Gasteiger partial charge in [0.15, 0.2) is 0 Å². The van der Waals surface area contributed by atoms with Crippen molar-refractivity contribution >= 4 is 17.5 Å². The molecule has 0 aliphatic rings. The highest BCUT2D eigenvalue weighted by atomic mass is 35.5. The Bertz CT molecular complexity index is 1130. The van der Waals surface area contributed by atoms with Gasteiger partial charge in [-0.2, -0.15) is 0 Å². The van der Waals surface area contributed by atoms with Gasteiger partial charge in [0.1, 0.15) is 11.6 Å². The van der Waals surface area contributed by atoms with E-state index in [0.717, 1.165) is 22.6 Å². The third-order valence-corrected chi connectivity index (χ3v) is 5.91. The van der Waals surface area contributed by atoms with Gasteiger partial charge in [0.05, 0.1) is 22.9 Å². The SMILES string of the molecule is COCC[C@H](Cc1ccc(-c2cn(C)c(C(C)N)n2)cc1)NC(=O)c1ccc(OC(C)C)c(Cl)c1. The molecule has 188 valence electrons. The van der Waals surface area contributed by atoms with Crippen molar-refractivity contribution in [1.82, 2.24) is 14.9 Å². The molecule has 0 spiro atoms. The van der Waals surface area contributed by atoms with Gasteiger partial charge in [-0.3, -0.25) is 4.79 Å². The van der Waals surface area contributed by atoms with Crippen LogP contribution in [0.25, 0.3) is 11.3 Å². The molecule has 3 aromatic rings. The molecule has 0 aliphatic heterocycles. The number of imidazole rings is 1. The van der Waals surface area contributed by atoms with Crippen LogP contribution in [0.1, 0.15) is 55.0 Å². The molecule has 0 aliphatic carbocycles. The maximum atomic E-state index is 13.0. The average molecular weight is 499 g/mol. The van der Waals surface area contributed by atoms with Crippen LogP contribution in [-0.4, -0.2) is 41.3 Å². The van der Waals surface area contributed by atoms with Crippen molar-refractivity contribution < 1.29 is 14.3 Å². The summed E-state index contributed by atoms with van der Waals surface area (Å²) >= 11 is 6.32. The van der Waals surface area contributed by atoms with Crippen molar-refractivity contribution in [3.63, 3.8) is 0 Å². The molecule has 0 fully saturated rings. The van der Waals surface area contributed by atoms with Crippen molar-refractivity contribution in [2.24, 2.45) is 12.8 Å². The van der Waals surface area contributed by atoms with Crippen LogP contribution >= 0.6 is 11.6 Å². The quantitative estimate of drug-likeness (QED) is 0.391. The summed E-state index contributed by atoms with van der Waals surface area (Å²) in [5, 5.41) is 3.54. The molecule has 0 saturated heterocycles. The van der Waals surface area contributed by atoms with E-state index in [2.05, 4.69) is 22.4 Å². The van der Waals surface area contributed by atoms with Gasteiger partial charge in [-0.05, 0) is 57.4 Å². The van der Waals surface area contributed by atoms with Gasteiger partial charge in [0.25, 0.3) is 5.91 Å². The summed E-state index contributed by atoms with van der Waals surface area (Å²) < 4.78 is 12.9. The van der Waals surface area contributed by atoms with E-state index in [0.29, 0.717) is 35.8 Å². The van der Waals surface area contributed by atoms with Crippen LogP contribution < -0.4 is 15.8 Å². The molecule has 1 unspecified atom stereocenters. The predicted octanol–water partition coefficient (Wildman–Crippen LogP) is 4.93. The second-order valence-electron chi connectivity index (χ2n) is 9.05. The largest absolute Gasteiger partial charge is 0.489 e. The number of ether oxygens (including phenoxy) is 2. The second-order valence-corrected chi connectivity index (χ2v) is 9.46. The molecule has 0 radical (unpaired) electrons. The molecule has 35 heavy (non-hydrogen) atoms. The van der Waals surface area contributed by atoms with E-state index >= 15 is 0 Å². The second kappa shape index (κ2) is 12.2. The van der Waals surface area contributed by atoms with E-state index < -0.39 is 0 Å². The smallest absolute Gasteiger partial charge is 0.251 e. The zero-order valence-electron chi connectivity index (χ0n) is 21.0. The number of carbonyl (C=O) groups is 1. The van der Waals surface area contributed by atoms with Crippen LogP contribution in [-0.2, 0) is 18.2 Å². The lowest BCUT2D eigenvalue weighted by Gasteiger charge is -2.19. The molecule has 1 amide bonds. The van der Waals surface area contributed by atoms with E-state index in [-0.39, 0.29) is 24.1 Å². The van der Waals surface area contributed by atoms with Gasteiger partial charge >= 0.3 is 0 Å². The third kappa shape index (κ3) is 7.31. The fraction of sp³-hybridized carbons (Fsp3) is 0.407. The topological polar surface area (TPSA) is 91.4 Å². The molecule has 1 heterocycles. The van der Waals surface area contributed by atoms with Crippen LogP contribution in [0.5, 0.6) is 5.75 Å². The first-order valence-corrected chi connectivity index (χ1v) is 12.2. The standard InChI is InChI=1S/C27H35ClN4O3/c1-17(2)35-25-11-10-21(15-23(25)28)27(33)30-22(12-13-34-5)14-19-6-8-20(9-7-19)24-16-32(4)26(31-24)18(3)29/h6-11,15-18,22H,12-14,29H2,1-5H3,(H,30,33)/t18?,22-/m1/s1. The molecule has 2 aromatic carbocycles. The van der Waals surface area contributed by atoms with Gasteiger partial charge in [-0.25, -0.2) is 4.98 Å². The number of carbonyl (C=O) groups excluding carboxylic acids is 1. The molecular weight excluding hydrogens is 464 g/mol. The molecular formula is C27H35ClN4O3.